The first kappa shape index (κ1) is 27.7. The fourth-order valence-corrected chi connectivity index (χ4v) is 7.77. The maximum atomic E-state index is 5.34. The number of hydrogen-bond acceptors (Lipinski definition) is 2. The Morgan fingerprint density at radius 3 is 1.48 bits per heavy atom. The number of benzene rings is 6. The summed E-state index contributed by atoms with van der Waals surface area (Å²) in [6, 6.07) is 51.6. The van der Waals surface area contributed by atoms with Crippen molar-refractivity contribution in [2.45, 2.75) is 0 Å². The Hall–Kier alpha value is -4.54. The van der Waals surface area contributed by atoms with Gasteiger partial charge in [0.25, 0.3) is 0 Å². The number of para-hydroxylation sites is 3. The van der Waals surface area contributed by atoms with E-state index in [1.807, 2.05) is 0 Å². The van der Waals surface area contributed by atoms with Crippen LogP contribution in [0.4, 0.5) is 0 Å². The summed E-state index contributed by atoms with van der Waals surface area (Å²) in [4.78, 5) is 10.7. The first-order chi connectivity index (χ1) is 22.6. The lowest BCUT2D eigenvalue weighted by Crippen LogP contribution is -2.05. The molecule has 0 amide bonds. The Labute approximate surface area is 292 Å². The Morgan fingerprint density at radius 1 is 0.413 bits per heavy atom. The second-order valence-electron chi connectivity index (χ2n) is 11.4. The lowest BCUT2D eigenvalue weighted by Gasteiger charge is -2.14. The first-order valence-electron chi connectivity index (χ1n) is 15.1. The topological polar surface area (TPSA) is 35.6 Å². The van der Waals surface area contributed by atoms with Crippen molar-refractivity contribution >= 4 is 88.8 Å². The van der Waals surface area contributed by atoms with Crippen LogP contribution in [0.2, 0.25) is 0 Å². The summed E-state index contributed by atoms with van der Waals surface area (Å²) in [5.74, 6) is 0.647. The predicted molar refractivity (Wildman–Crippen MR) is 207 cm³/mol. The molecule has 9 rings (SSSR count). The van der Waals surface area contributed by atoms with Gasteiger partial charge in [-0.25, -0.2) is 9.97 Å². The fourth-order valence-electron chi connectivity index (χ4n) is 6.68. The first-order valence-corrected chi connectivity index (χ1v) is 17.2. The van der Waals surface area contributed by atoms with Gasteiger partial charge >= 0.3 is 0 Å². The monoisotopic (exact) mass is 814 g/mol. The van der Waals surface area contributed by atoms with E-state index in [2.05, 4.69) is 200 Å². The van der Waals surface area contributed by atoms with Gasteiger partial charge in [0.1, 0.15) is 0 Å². The van der Waals surface area contributed by atoms with Crippen molar-refractivity contribution in [3.8, 4) is 34.2 Å². The number of nitrogens with zero attached hydrogens (tertiary/aromatic N) is 4. The minimum atomic E-state index is 0.647. The molecule has 6 aromatic carbocycles. The van der Waals surface area contributed by atoms with E-state index in [0.717, 1.165) is 51.9 Å². The standard InChI is InChI=1S/C40H24I2N4/c41-27-12-8-10-25(22-27)34-24-35(26-11-9-13-28(42)23-26)44-40(43-34)46-37-19-7-5-17-31(37)33-21-20-32-30-16-4-6-18-36(30)45(38(32)39(33)46)29-14-2-1-3-15-29/h1-24H. The van der Waals surface area contributed by atoms with Crippen LogP contribution in [0.3, 0.4) is 0 Å². The van der Waals surface area contributed by atoms with E-state index in [0.29, 0.717) is 5.95 Å². The molecule has 3 aromatic heterocycles. The molecule has 0 saturated heterocycles. The van der Waals surface area contributed by atoms with Gasteiger partial charge in [-0.2, -0.15) is 0 Å². The van der Waals surface area contributed by atoms with Gasteiger partial charge in [-0.3, -0.25) is 4.57 Å². The summed E-state index contributed by atoms with van der Waals surface area (Å²) in [5, 5.41) is 4.75. The molecule has 6 heteroatoms. The molecule has 0 radical (unpaired) electrons. The third-order valence-corrected chi connectivity index (χ3v) is 9.98. The molecule has 0 saturated carbocycles. The molecule has 0 aliphatic heterocycles. The van der Waals surface area contributed by atoms with E-state index in [4.69, 9.17) is 9.97 Å². The third kappa shape index (κ3) is 4.46. The van der Waals surface area contributed by atoms with Gasteiger partial charge in [-0.1, -0.05) is 91.0 Å². The second kappa shape index (κ2) is 11.1. The van der Waals surface area contributed by atoms with Crippen molar-refractivity contribution in [1.29, 1.82) is 0 Å². The predicted octanol–water partition coefficient (Wildman–Crippen LogP) is 11.2. The van der Waals surface area contributed by atoms with Crippen LogP contribution in [0, 0.1) is 7.14 Å². The van der Waals surface area contributed by atoms with Crippen LogP contribution in [0.15, 0.2) is 146 Å². The third-order valence-electron chi connectivity index (χ3n) is 8.64. The molecule has 0 aliphatic rings. The summed E-state index contributed by atoms with van der Waals surface area (Å²) in [6.07, 6.45) is 0. The van der Waals surface area contributed by atoms with E-state index in [-0.39, 0.29) is 0 Å². The van der Waals surface area contributed by atoms with Crippen LogP contribution >= 0.6 is 45.2 Å². The molecular formula is C40H24I2N4. The number of rotatable bonds is 4. The van der Waals surface area contributed by atoms with Crippen molar-refractivity contribution in [2.24, 2.45) is 0 Å². The molecule has 46 heavy (non-hydrogen) atoms. The number of aromatic nitrogens is 4. The maximum absolute atomic E-state index is 5.34. The molecule has 0 fully saturated rings. The number of fused-ring (bicyclic) bond motifs is 7. The van der Waals surface area contributed by atoms with Crippen molar-refractivity contribution in [1.82, 2.24) is 19.1 Å². The highest BCUT2D eigenvalue weighted by atomic mass is 127. The average molecular weight is 814 g/mol. The summed E-state index contributed by atoms with van der Waals surface area (Å²) in [6.45, 7) is 0. The Kier molecular flexibility index (Phi) is 6.67. The SMILES string of the molecule is Ic1cccc(-c2cc(-c3cccc(I)c3)nc(-n3c4ccccc4c4ccc5c6ccccc6n(-c6ccccc6)c5c43)n2)c1. The molecule has 3 heterocycles. The fraction of sp³-hybridized carbons (Fsp3) is 0. The number of halogens is 2. The van der Waals surface area contributed by atoms with Crippen molar-refractivity contribution in [2.75, 3.05) is 0 Å². The quantitative estimate of drug-likeness (QED) is 0.166. The normalized spacial score (nSPS) is 11.7. The highest BCUT2D eigenvalue weighted by Gasteiger charge is 2.23. The summed E-state index contributed by atoms with van der Waals surface area (Å²) in [5.41, 5.74) is 9.49. The highest BCUT2D eigenvalue weighted by molar-refractivity contribution is 14.1. The molecule has 0 spiro atoms. The van der Waals surface area contributed by atoms with Crippen molar-refractivity contribution in [3.63, 3.8) is 0 Å². The van der Waals surface area contributed by atoms with Gasteiger partial charge in [0.15, 0.2) is 0 Å². The molecule has 4 nitrogen and oxygen atoms in total. The van der Waals surface area contributed by atoms with Crippen LogP contribution < -0.4 is 0 Å². The molecule has 9 aromatic rings. The smallest absolute Gasteiger partial charge is 0.235 e. The Bertz CT molecular complexity index is 2550. The van der Waals surface area contributed by atoms with Crippen molar-refractivity contribution < 1.29 is 0 Å². The van der Waals surface area contributed by atoms with Crippen LogP contribution in [0.5, 0.6) is 0 Å². The largest absolute Gasteiger partial charge is 0.307 e. The molecule has 0 N–H and O–H groups in total. The number of hydrogen-bond donors (Lipinski definition) is 0. The van der Waals surface area contributed by atoms with Crippen LogP contribution in [-0.2, 0) is 0 Å². The van der Waals surface area contributed by atoms with Gasteiger partial charge in [-0.15, -0.1) is 0 Å². The van der Waals surface area contributed by atoms with Gasteiger partial charge < -0.3 is 4.57 Å². The van der Waals surface area contributed by atoms with E-state index < -0.39 is 0 Å². The van der Waals surface area contributed by atoms with Gasteiger partial charge in [-0.05, 0) is 99.8 Å². The lowest BCUT2D eigenvalue weighted by molar-refractivity contribution is 0.995. The second-order valence-corrected chi connectivity index (χ2v) is 13.8. The molecule has 0 atom stereocenters. The minimum Gasteiger partial charge on any atom is -0.307 e. The maximum Gasteiger partial charge on any atom is 0.235 e. The average Bonchev–Trinajstić information content (AvgIpc) is 3.62. The van der Waals surface area contributed by atoms with Gasteiger partial charge in [0.2, 0.25) is 5.95 Å². The highest BCUT2D eigenvalue weighted by Crippen LogP contribution is 2.41. The van der Waals surface area contributed by atoms with Gasteiger partial charge in [0, 0.05) is 45.5 Å². The minimum absolute atomic E-state index is 0.647. The zero-order valence-electron chi connectivity index (χ0n) is 24.4. The zero-order chi connectivity index (χ0) is 30.8. The van der Waals surface area contributed by atoms with E-state index in [1.54, 1.807) is 0 Å². The summed E-state index contributed by atoms with van der Waals surface area (Å²) < 4.78 is 7.00. The molecule has 0 bridgehead atoms. The Balaban J connectivity index is 1.47. The zero-order valence-corrected chi connectivity index (χ0v) is 28.7. The van der Waals surface area contributed by atoms with E-state index in [1.165, 1.54) is 27.1 Å². The lowest BCUT2D eigenvalue weighted by atomic mass is 10.1. The van der Waals surface area contributed by atoms with Gasteiger partial charge in [0.05, 0.1) is 33.5 Å². The molecule has 218 valence electrons. The van der Waals surface area contributed by atoms with Crippen LogP contribution in [0.1, 0.15) is 0 Å². The van der Waals surface area contributed by atoms with Crippen LogP contribution in [-0.4, -0.2) is 19.1 Å². The van der Waals surface area contributed by atoms with Crippen molar-refractivity contribution in [3.05, 3.63) is 153 Å². The molecule has 0 unspecified atom stereocenters. The summed E-state index contributed by atoms with van der Waals surface area (Å²) >= 11 is 4.74. The molecule has 0 aliphatic carbocycles. The Morgan fingerprint density at radius 2 is 0.913 bits per heavy atom. The van der Waals surface area contributed by atoms with Crippen LogP contribution in [0.25, 0.3) is 77.8 Å². The van der Waals surface area contributed by atoms with E-state index >= 15 is 0 Å². The summed E-state index contributed by atoms with van der Waals surface area (Å²) in [7, 11) is 0. The molecular weight excluding hydrogens is 790 g/mol. The van der Waals surface area contributed by atoms with E-state index in [9.17, 15) is 0 Å².